The maximum atomic E-state index is 14.1. The van der Waals surface area contributed by atoms with Crippen LogP contribution in [0.1, 0.15) is 99.8 Å². The molecule has 0 aromatic rings. The predicted molar refractivity (Wildman–Crippen MR) is 278 cm³/mol. The molecule has 83 heavy (non-hydrogen) atoms. The van der Waals surface area contributed by atoms with Gasteiger partial charge in [0, 0.05) is 31.3 Å². The van der Waals surface area contributed by atoms with Gasteiger partial charge in [0.25, 0.3) is 0 Å². The highest BCUT2D eigenvalue weighted by atomic mass is 16.8. The van der Waals surface area contributed by atoms with Gasteiger partial charge in [-0.15, -0.1) is 0 Å². The van der Waals surface area contributed by atoms with Crippen LogP contribution in [0.3, 0.4) is 0 Å². The summed E-state index contributed by atoms with van der Waals surface area (Å²) >= 11 is 0. The first kappa shape index (κ1) is 66.0. The summed E-state index contributed by atoms with van der Waals surface area (Å²) in [6.45, 7) is 8.92. The fourth-order valence-corrected chi connectivity index (χ4v) is 14.8. The minimum Gasteiger partial charge on any atom is -0.463 e. The number of aliphatic hydroxyl groups is 14. The van der Waals surface area contributed by atoms with E-state index in [1.165, 1.54) is 6.92 Å². The third-order valence-corrected chi connectivity index (χ3v) is 20.0. The highest BCUT2D eigenvalue weighted by molar-refractivity contribution is 5.88. The molecule has 27 nitrogen and oxygen atoms in total. The van der Waals surface area contributed by atoms with Crippen LogP contribution in [0.2, 0.25) is 0 Å². The zero-order chi connectivity index (χ0) is 60.9. The van der Waals surface area contributed by atoms with E-state index in [-0.39, 0.29) is 53.4 Å². The second-order valence-electron chi connectivity index (χ2n) is 24.8. The number of rotatable bonds is 18. The average molecular weight is 1190 g/mol. The van der Waals surface area contributed by atoms with Gasteiger partial charge in [0.15, 0.2) is 25.0 Å². The van der Waals surface area contributed by atoms with E-state index in [2.05, 4.69) is 19.9 Å². The molecule has 0 unspecified atom stereocenters. The second-order valence-corrected chi connectivity index (χ2v) is 24.8. The predicted octanol–water partition coefficient (Wildman–Crippen LogP) is -3.42. The summed E-state index contributed by atoms with van der Waals surface area (Å²) in [6.07, 6.45) is -30.0. The first-order valence-electron chi connectivity index (χ1n) is 28.9. The fraction of sp³-hybridized carbons (Fsp3) is 0.875. The maximum absolute atomic E-state index is 14.1. The summed E-state index contributed by atoms with van der Waals surface area (Å²) in [6, 6.07) is 0. The van der Waals surface area contributed by atoms with Gasteiger partial charge in [0.2, 0.25) is 6.29 Å². The van der Waals surface area contributed by atoms with Crippen LogP contribution in [-0.4, -0.2) is 257 Å². The Balaban J connectivity index is 0.929. The summed E-state index contributed by atoms with van der Waals surface area (Å²) in [5.41, 5.74) is 0.803. The van der Waals surface area contributed by atoms with Gasteiger partial charge in [0.05, 0.1) is 31.5 Å². The molecule has 0 aromatic heterocycles. The molecule has 0 radical (unpaired) electrons. The van der Waals surface area contributed by atoms with Crippen molar-refractivity contribution in [3.63, 3.8) is 0 Å². The molecule has 0 spiro atoms. The molecule has 0 bridgehead atoms. The first-order valence-corrected chi connectivity index (χ1v) is 28.9. The number of carbonyl (C=O) groups is 3. The number of carbonyl (C=O) groups excluding carboxylic acids is 3. The van der Waals surface area contributed by atoms with Gasteiger partial charge in [-0.1, -0.05) is 38.0 Å². The molecule has 8 rings (SSSR count). The molecule has 14 N–H and O–H groups in total. The number of hydrogen-bond donors (Lipinski definition) is 14. The molecular formula is C56H88O27. The minimum atomic E-state index is -2.13. The van der Waals surface area contributed by atoms with Crippen LogP contribution in [0.15, 0.2) is 22.8 Å². The van der Waals surface area contributed by atoms with E-state index >= 15 is 0 Å². The molecule has 474 valence electrons. The average Bonchev–Trinajstić information content (AvgIpc) is 2.49. The summed E-state index contributed by atoms with van der Waals surface area (Å²) in [4.78, 5) is 37.9. The molecular weight excluding hydrogens is 1100 g/mol. The quantitative estimate of drug-likeness (QED) is 0.0275. The normalized spacial score (nSPS) is 47.4. The van der Waals surface area contributed by atoms with E-state index < -0.39 is 191 Å². The van der Waals surface area contributed by atoms with Crippen LogP contribution >= 0.6 is 0 Å². The largest absolute Gasteiger partial charge is 0.463 e. The third-order valence-electron chi connectivity index (χ3n) is 20.0. The van der Waals surface area contributed by atoms with Gasteiger partial charge < -0.3 is 119 Å². The second kappa shape index (κ2) is 26.8. The lowest BCUT2D eigenvalue weighted by Crippen LogP contribution is -2.66. The smallest absolute Gasteiger partial charge is 0.336 e. The zero-order valence-corrected chi connectivity index (χ0v) is 47.8. The number of hydrogen-bond acceptors (Lipinski definition) is 27. The summed E-state index contributed by atoms with van der Waals surface area (Å²) < 4.78 is 56.7. The van der Waals surface area contributed by atoms with E-state index in [4.69, 9.17) is 47.4 Å². The molecule has 8 aliphatic rings. The van der Waals surface area contributed by atoms with Crippen LogP contribution in [-0.2, 0) is 61.8 Å². The SMILES string of the molecule is CC(=O)OC[C@H]1O[C@@H](OC(=O)/C(C)=C(\C)C[C@@H](O)[C@@H](C)[C@H]2CC[C@H]3[C@@H]4CC=C5C[C@@H](O[C@@H]6O[C@H](CO)[C@@H](O)[C@H](O)[C@H]6O)C[C@H](O)[C@]5(C)[C@H]4CC[C@]23C)[C@H](O[C@@H]2O[C@H](COC(C)=O)[C@@H](O[C@@H]3O[C@H](CO)[C@@H](O)[C@H](O)[C@H]3O)[C@H](O)[C@H]2O)[C@@H](O)[C@@H]1O. The molecule has 4 heterocycles. The summed E-state index contributed by atoms with van der Waals surface area (Å²) in [5.74, 6) is -2.10. The Morgan fingerprint density at radius 3 is 1.70 bits per heavy atom. The topological polar surface area (TPSA) is 427 Å². The van der Waals surface area contributed by atoms with Crippen LogP contribution in [0.25, 0.3) is 0 Å². The van der Waals surface area contributed by atoms with Crippen LogP contribution in [0.5, 0.6) is 0 Å². The number of aliphatic hydroxyl groups excluding tert-OH is 14. The van der Waals surface area contributed by atoms with Gasteiger partial charge >= 0.3 is 17.9 Å². The Bertz CT molecular complexity index is 2300. The first-order chi connectivity index (χ1) is 39.1. The molecule has 3 saturated carbocycles. The van der Waals surface area contributed by atoms with Crippen molar-refractivity contribution in [3.8, 4) is 0 Å². The van der Waals surface area contributed by atoms with Crippen molar-refractivity contribution in [3.05, 3.63) is 22.8 Å². The Morgan fingerprint density at radius 1 is 0.614 bits per heavy atom. The van der Waals surface area contributed by atoms with E-state index in [0.29, 0.717) is 12.0 Å². The fourth-order valence-electron chi connectivity index (χ4n) is 14.8. The van der Waals surface area contributed by atoms with Crippen LogP contribution in [0.4, 0.5) is 0 Å². The van der Waals surface area contributed by atoms with E-state index in [1.807, 2.05) is 6.92 Å². The number of esters is 3. The van der Waals surface area contributed by atoms with E-state index in [9.17, 15) is 85.9 Å². The molecule has 0 amide bonds. The minimum absolute atomic E-state index is 0.0377. The van der Waals surface area contributed by atoms with Crippen molar-refractivity contribution in [1.82, 2.24) is 0 Å². The molecule has 4 aliphatic heterocycles. The monoisotopic (exact) mass is 1190 g/mol. The van der Waals surface area contributed by atoms with E-state index in [0.717, 1.165) is 51.5 Å². The third kappa shape index (κ3) is 13.1. The highest BCUT2D eigenvalue weighted by Gasteiger charge is 2.62. The molecule has 7 fully saturated rings. The van der Waals surface area contributed by atoms with Crippen LogP contribution in [0, 0.1) is 40.4 Å². The maximum Gasteiger partial charge on any atom is 0.336 e. The lowest BCUT2D eigenvalue weighted by atomic mass is 9.46. The van der Waals surface area contributed by atoms with Crippen molar-refractivity contribution in [2.45, 2.75) is 241 Å². The zero-order valence-electron chi connectivity index (χ0n) is 47.8. The lowest BCUT2D eigenvalue weighted by molar-refractivity contribution is -0.381. The van der Waals surface area contributed by atoms with Crippen molar-refractivity contribution in [2.24, 2.45) is 40.4 Å². The van der Waals surface area contributed by atoms with Crippen molar-refractivity contribution >= 4 is 17.9 Å². The Morgan fingerprint density at radius 2 is 1.12 bits per heavy atom. The Labute approximate surface area is 480 Å². The van der Waals surface area contributed by atoms with Gasteiger partial charge in [-0.25, -0.2) is 4.79 Å². The molecule has 4 aliphatic carbocycles. The lowest BCUT2D eigenvalue weighted by Gasteiger charge is -2.60. The number of allylic oxidation sites excluding steroid dienone is 1. The number of ether oxygens (including phenoxy) is 10. The molecule has 30 atom stereocenters. The van der Waals surface area contributed by atoms with Gasteiger partial charge in [0.1, 0.15) is 105 Å². The molecule has 0 aromatic carbocycles. The standard InChI is InChI=1S/C56H88O27/c1-21(14-32(61)23(3)29-10-11-30-28-9-8-26-15-27(76-51-45(70)41(66)38(63)33(17-57)77-51)16-37(62)56(26,7)31(28)12-13-55(29,30)6)22(2)50(73)83-54-49(43(68)40(65)35(79-54)19-74-24(4)59)82-53-47(72)44(69)48(36(80-53)20-75-25(5)60)81-52-46(71)42(67)39(64)34(18-58)78-52/h8,23,27-49,51-54,57-58,61-72H,9-20H2,1-7H3/b22-21+/t23-,27+,28-,29+,30-,31-,32+,33+,34+,35+,36+,37-,38+,39+,40+,41-,42-,43-,44+,45+,46+,47+,48+,49+,51+,52-,53-,54-,55+,56-/m0/s1. The number of fused-ring (bicyclic) bond motifs is 5. The molecule has 27 heteroatoms. The van der Waals surface area contributed by atoms with Gasteiger partial charge in [-0.3, -0.25) is 9.59 Å². The summed E-state index contributed by atoms with van der Waals surface area (Å²) in [7, 11) is 0. The van der Waals surface area contributed by atoms with Crippen molar-refractivity contribution < 1.29 is 133 Å². The Kier molecular flexibility index (Phi) is 21.3. The van der Waals surface area contributed by atoms with Crippen molar-refractivity contribution in [1.29, 1.82) is 0 Å². The molecule has 4 saturated heterocycles. The van der Waals surface area contributed by atoms with Crippen molar-refractivity contribution in [2.75, 3.05) is 26.4 Å². The Hall–Kier alpha value is -2.95. The van der Waals surface area contributed by atoms with Gasteiger partial charge in [-0.2, -0.15) is 0 Å². The van der Waals surface area contributed by atoms with Gasteiger partial charge in [-0.05, 0) is 93.8 Å². The van der Waals surface area contributed by atoms with Crippen LogP contribution < -0.4 is 0 Å². The van der Waals surface area contributed by atoms with E-state index in [1.54, 1.807) is 6.92 Å². The highest BCUT2D eigenvalue weighted by Crippen LogP contribution is 2.67. The summed E-state index contributed by atoms with van der Waals surface area (Å²) in [5, 5.41) is 152.